The van der Waals surface area contributed by atoms with Crippen molar-refractivity contribution in [3.8, 4) is 5.75 Å². The Morgan fingerprint density at radius 2 is 2.28 bits per heavy atom. The molecule has 0 radical (unpaired) electrons. The lowest BCUT2D eigenvalue weighted by molar-refractivity contribution is -0.577. The third-order valence-corrected chi connectivity index (χ3v) is 5.98. The zero-order valence-corrected chi connectivity index (χ0v) is 14.5. The summed E-state index contributed by atoms with van der Waals surface area (Å²) in [6.07, 6.45) is 5.06. The fourth-order valence-corrected chi connectivity index (χ4v) is 4.55. The maximum Gasteiger partial charge on any atom is 0.224 e. The van der Waals surface area contributed by atoms with Crippen LogP contribution in [-0.2, 0) is 0 Å². The van der Waals surface area contributed by atoms with Crippen molar-refractivity contribution in [1.82, 2.24) is 4.90 Å². The van der Waals surface area contributed by atoms with E-state index in [1.807, 2.05) is 6.07 Å². The number of piperidine rings is 3. The van der Waals surface area contributed by atoms with Crippen molar-refractivity contribution >= 4 is 10.9 Å². The molecule has 3 aliphatic heterocycles. The second kappa shape index (κ2) is 6.32. The van der Waals surface area contributed by atoms with Gasteiger partial charge in [-0.15, -0.1) is 6.58 Å². The quantitative estimate of drug-likeness (QED) is 0.527. The number of aliphatic hydroxyl groups excluding tert-OH is 1. The van der Waals surface area contributed by atoms with Gasteiger partial charge in [0.2, 0.25) is 5.52 Å². The number of pyridine rings is 1. The van der Waals surface area contributed by atoms with E-state index < -0.39 is 6.10 Å². The number of hydrogen-bond acceptors (Lipinski definition) is 4. The van der Waals surface area contributed by atoms with Gasteiger partial charge in [-0.25, -0.2) is 0 Å². The number of ether oxygens (including phenoxy) is 1. The Balaban J connectivity index is 1.72. The minimum absolute atomic E-state index is 0.0897. The molecule has 132 valence electrons. The molecule has 25 heavy (non-hydrogen) atoms. The van der Waals surface area contributed by atoms with E-state index >= 15 is 0 Å². The molecular formula is C20H24N2O3. The molecule has 0 aliphatic carbocycles. The molecule has 5 rings (SSSR count). The van der Waals surface area contributed by atoms with Gasteiger partial charge in [0.05, 0.1) is 18.6 Å². The first-order chi connectivity index (χ1) is 12.1. The largest absolute Gasteiger partial charge is 0.618 e. The van der Waals surface area contributed by atoms with Gasteiger partial charge in [-0.05, 0) is 43.4 Å². The van der Waals surface area contributed by atoms with Crippen LogP contribution in [0.4, 0.5) is 0 Å². The van der Waals surface area contributed by atoms with Gasteiger partial charge in [0, 0.05) is 30.3 Å². The first-order valence-corrected chi connectivity index (χ1v) is 8.87. The first kappa shape index (κ1) is 16.4. The van der Waals surface area contributed by atoms with E-state index in [0.29, 0.717) is 23.1 Å². The van der Waals surface area contributed by atoms with Crippen molar-refractivity contribution in [1.29, 1.82) is 0 Å². The van der Waals surface area contributed by atoms with Gasteiger partial charge in [-0.2, -0.15) is 4.73 Å². The van der Waals surface area contributed by atoms with Crippen LogP contribution in [0.1, 0.15) is 24.5 Å². The highest BCUT2D eigenvalue weighted by molar-refractivity contribution is 5.81. The van der Waals surface area contributed by atoms with Gasteiger partial charge >= 0.3 is 0 Å². The molecule has 3 aliphatic rings. The molecule has 1 N–H and O–H groups in total. The molecule has 1 unspecified atom stereocenters. The third-order valence-electron chi connectivity index (χ3n) is 5.98. The minimum atomic E-state index is -0.621. The van der Waals surface area contributed by atoms with E-state index in [1.54, 1.807) is 25.3 Å². The Bertz CT molecular complexity index is 807. The molecule has 2 bridgehead atoms. The molecule has 0 saturated carbocycles. The number of rotatable bonds is 4. The Kier molecular flexibility index (Phi) is 4.13. The molecular weight excluding hydrogens is 316 g/mol. The zero-order chi connectivity index (χ0) is 17.6. The topological polar surface area (TPSA) is 59.6 Å². The van der Waals surface area contributed by atoms with Crippen LogP contribution < -0.4 is 9.47 Å². The van der Waals surface area contributed by atoms with Gasteiger partial charge in [0.25, 0.3) is 0 Å². The monoisotopic (exact) mass is 340 g/mol. The van der Waals surface area contributed by atoms with Crippen molar-refractivity contribution in [3.63, 3.8) is 0 Å². The van der Waals surface area contributed by atoms with E-state index in [4.69, 9.17) is 4.74 Å². The summed E-state index contributed by atoms with van der Waals surface area (Å²) in [5.74, 6) is 1.80. The number of aliphatic hydroxyl groups is 1. The van der Waals surface area contributed by atoms with Crippen LogP contribution in [0.5, 0.6) is 5.75 Å². The highest BCUT2D eigenvalue weighted by Crippen LogP contribution is 2.42. The summed E-state index contributed by atoms with van der Waals surface area (Å²) in [5, 5.41) is 24.0. The Morgan fingerprint density at radius 3 is 2.96 bits per heavy atom. The highest BCUT2D eigenvalue weighted by atomic mass is 16.5. The predicted molar refractivity (Wildman–Crippen MR) is 96.2 cm³/mol. The number of nitrogens with zero attached hydrogens (tertiary/aromatic N) is 2. The Morgan fingerprint density at radius 1 is 1.44 bits per heavy atom. The number of hydrogen-bond donors (Lipinski definition) is 1. The van der Waals surface area contributed by atoms with Gasteiger partial charge in [-0.1, -0.05) is 6.08 Å². The molecule has 1 aromatic heterocycles. The minimum Gasteiger partial charge on any atom is -0.618 e. The number of aromatic nitrogens is 1. The fraction of sp³-hybridized carbons (Fsp3) is 0.450. The van der Waals surface area contributed by atoms with Gasteiger partial charge in [0.15, 0.2) is 6.20 Å². The van der Waals surface area contributed by atoms with Crippen molar-refractivity contribution in [3.05, 3.63) is 53.9 Å². The standard InChI is InChI=1S/C20H24N2O3/c1-3-13-12-21-8-6-14(13)10-19(21)20(23)16-7-9-22(24)18-5-4-15(25-2)11-17(16)18/h3-5,7,9,11,13-14,19-20,23H,1,6,8,10,12H2,2H3/t13-,14-,19-,20+/m0/s1. The molecule has 3 saturated heterocycles. The number of methoxy groups -OCH3 is 1. The molecule has 0 spiro atoms. The van der Waals surface area contributed by atoms with Crippen molar-refractivity contribution < 1.29 is 14.6 Å². The third kappa shape index (κ3) is 2.68. The first-order valence-electron chi connectivity index (χ1n) is 8.87. The van der Waals surface area contributed by atoms with Crippen LogP contribution >= 0.6 is 0 Å². The van der Waals surface area contributed by atoms with Crippen LogP contribution in [0.2, 0.25) is 0 Å². The Labute approximate surface area is 147 Å². The summed E-state index contributed by atoms with van der Waals surface area (Å²) in [6, 6.07) is 7.19. The van der Waals surface area contributed by atoms with Gasteiger partial charge < -0.3 is 15.1 Å². The zero-order valence-electron chi connectivity index (χ0n) is 14.5. The maximum absolute atomic E-state index is 12.1. The second-order valence-corrected chi connectivity index (χ2v) is 7.17. The number of fused-ring (bicyclic) bond motifs is 4. The summed E-state index contributed by atoms with van der Waals surface area (Å²) < 4.78 is 6.15. The van der Waals surface area contributed by atoms with E-state index in [9.17, 15) is 10.3 Å². The Hall–Kier alpha value is -2.11. The predicted octanol–water partition coefficient (Wildman–Crippen LogP) is 2.41. The van der Waals surface area contributed by atoms with E-state index in [0.717, 1.165) is 35.2 Å². The number of benzene rings is 1. The fourth-order valence-electron chi connectivity index (χ4n) is 4.55. The summed E-state index contributed by atoms with van der Waals surface area (Å²) in [6.45, 7) is 5.94. The maximum atomic E-state index is 12.1. The second-order valence-electron chi connectivity index (χ2n) is 7.17. The van der Waals surface area contributed by atoms with Crippen LogP contribution in [0.3, 0.4) is 0 Å². The average molecular weight is 340 g/mol. The summed E-state index contributed by atoms with van der Waals surface area (Å²) in [7, 11) is 1.60. The smallest absolute Gasteiger partial charge is 0.224 e. The lowest BCUT2D eigenvalue weighted by atomic mass is 9.73. The molecule has 1 aromatic carbocycles. The van der Waals surface area contributed by atoms with Gasteiger partial charge in [0.1, 0.15) is 5.75 Å². The normalized spacial score (nSPS) is 29.5. The lowest BCUT2D eigenvalue weighted by Crippen LogP contribution is -2.54. The molecule has 3 fully saturated rings. The average Bonchev–Trinajstić information content (AvgIpc) is 2.67. The van der Waals surface area contributed by atoms with Crippen LogP contribution in [-0.4, -0.2) is 36.2 Å². The van der Waals surface area contributed by atoms with E-state index in [2.05, 4.69) is 17.6 Å². The molecule has 5 nitrogen and oxygen atoms in total. The van der Waals surface area contributed by atoms with E-state index in [-0.39, 0.29) is 6.04 Å². The van der Waals surface area contributed by atoms with Gasteiger partial charge in [-0.3, -0.25) is 4.90 Å². The van der Waals surface area contributed by atoms with Crippen molar-refractivity contribution in [2.75, 3.05) is 20.2 Å². The summed E-state index contributed by atoms with van der Waals surface area (Å²) in [5.41, 5.74) is 1.35. The highest BCUT2D eigenvalue weighted by Gasteiger charge is 2.42. The summed E-state index contributed by atoms with van der Waals surface area (Å²) in [4.78, 5) is 2.38. The molecule has 2 aromatic rings. The lowest BCUT2D eigenvalue weighted by Gasteiger charge is -2.50. The van der Waals surface area contributed by atoms with Crippen LogP contribution in [0, 0.1) is 17.0 Å². The molecule has 5 heteroatoms. The van der Waals surface area contributed by atoms with Crippen molar-refractivity contribution in [2.45, 2.75) is 25.0 Å². The van der Waals surface area contributed by atoms with E-state index in [1.165, 1.54) is 12.6 Å². The SMILES string of the molecule is C=C[C@H]1CN2CC[C@H]1C[C@H]2[C@H](O)c1cc[n+]([O-])c2ccc(OC)cc12. The molecule has 4 heterocycles. The van der Waals surface area contributed by atoms with Crippen LogP contribution in [0.15, 0.2) is 43.1 Å². The van der Waals surface area contributed by atoms with Crippen LogP contribution in [0.25, 0.3) is 10.9 Å². The summed E-state index contributed by atoms with van der Waals surface area (Å²) >= 11 is 0. The van der Waals surface area contributed by atoms with Crippen molar-refractivity contribution in [2.24, 2.45) is 11.8 Å². The molecule has 0 amide bonds. The molecule has 5 atom stereocenters.